The zero-order chi connectivity index (χ0) is 16.7. The van der Waals surface area contributed by atoms with Crippen LogP contribution in [0.4, 0.5) is 8.78 Å². The third-order valence-corrected chi connectivity index (χ3v) is 4.58. The van der Waals surface area contributed by atoms with Gasteiger partial charge < -0.3 is 10.1 Å². The Hall–Kier alpha value is -1.63. The maximum Gasteiger partial charge on any atom is 0.316 e. The quantitative estimate of drug-likeness (QED) is 0.637. The van der Waals surface area contributed by atoms with E-state index in [1.165, 1.54) is 6.42 Å². The van der Waals surface area contributed by atoms with E-state index in [4.69, 9.17) is 4.74 Å². The number of esters is 1. The van der Waals surface area contributed by atoms with Crippen molar-refractivity contribution in [2.45, 2.75) is 43.0 Å². The molecule has 1 aromatic rings. The molecule has 1 saturated carbocycles. The first-order valence-corrected chi connectivity index (χ1v) is 8.56. The van der Waals surface area contributed by atoms with Gasteiger partial charge in [0.2, 0.25) is 0 Å². The largest absolute Gasteiger partial charge is 0.455 e. The van der Waals surface area contributed by atoms with E-state index in [-0.39, 0.29) is 29.2 Å². The van der Waals surface area contributed by atoms with Crippen LogP contribution < -0.4 is 5.32 Å². The van der Waals surface area contributed by atoms with Crippen molar-refractivity contribution in [1.29, 1.82) is 0 Å². The number of carbonyl (C=O) groups is 2. The van der Waals surface area contributed by atoms with Gasteiger partial charge in [0.05, 0.1) is 5.75 Å². The molecule has 1 N–H and O–H groups in total. The molecule has 0 unspecified atom stereocenters. The van der Waals surface area contributed by atoms with Crippen LogP contribution >= 0.6 is 11.8 Å². The Kier molecular flexibility index (Phi) is 6.83. The molecule has 0 heterocycles. The highest BCUT2D eigenvalue weighted by molar-refractivity contribution is 8.00. The van der Waals surface area contributed by atoms with Crippen molar-refractivity contribution < 1.29 is 23.1 Å². The Morgan fingerprint density at radius 2 is 1.96 bits per heavy atom. The summed E-state index contributed by atoms with van der Waals surface area (Å²) in [5.41, 5.74) is 0. The summed E-state index contributed by atoms with van der Waals surface area (Å²) >= 11 is 0.835. The van der Waals surface area contributed by atoms with E-state index in [1.807, 2.05) is 0 Å². The van der Waals surface area contributed by atoms with Gasteiger partial charge >= 0.3 is 5.97 Å². The minimum absolute atomic E-state index is 0.0357. The second kappa shape index (κ2) is 8.86. The monoisotopic (exact) mass is 343 g/mol. The van der Waals surface area contributed by atoms with E-state index in [0.717, 1.165) is 55.6 Å². The molecule has 1 aliphatic rings. The highest BCUT2D eigenvalue weighted by Crippen LogP contribution is 2.22. The predicted octanol–water partition coefficient (Wildman–Crippen LogP) is 3.05. The highest BCUT2D eigenvalue weighted by atomic mass is 32.2. The van der Waals surface area contributed by atoms with Crippen molar-refractivity contribution in [2.24, 2.45) is 0 Å². The Bertz CT molecular complexity index is 562. The Morgan fingerprint density at radius 1 is 1.22 bits per heavy atom. The van der Waals surface area contributed by atoms with Crippen LogP contribution in [0.15, 0.2) is 23.1 Å². The summed E-state index contributed by atoms with van der Waals surface area (Å²) in [7, 11) is 0. The number of halogens is 2. The first-order chi connectivity index (χ1) is 11.0. The molecule has 23 heavy (non-hydrogen) atoms. The number of hydrogen-bond donors (Lipinski definition) is 1. The van der Waals surface area contributed by atoms with Crippen LogP contribution in [0.25, 0.3) is 0 Å². The van der Waals surface area contributed by atoms with E-state index < -0.39 is 17.6 Å². The first kappa shape index (κ1) is 17.7. The van der Waals surface area contributed by atoms with Crippen molar-refractivity contribution in [3.05, 3.63) is 29.8 Å². The summed E-state index contributed by atoms with van der Waals surface area (Å²) in [6.07, 6.45) is 5.29. The lowest BCUT2D eigenvalue weighted by atomic mass is 9.95. The SMILES string of the molecule is O=C(COC(=O)CSc1cc(F)ccc1F)NC1CCCCC1. The maximum atomic E-state index is 13.4. The fourth-order valence-electron chi connectivity index (χ4n) is 2.43. The number of thioether (sulfide) groups is 1. The van der Waals surface area contributed by atoms with Gasteiger partial charge in [-0.1, -0.05) is 19.3 Å². The molecule has 0 spiro atoms. The number of rotatable bonds is 6. The normalized spacial score (nSPS) is 15.2. The molecule has 1 fully saturated rings. The lowest BCUT2D eigenvalue weighted by molar-refractivity contribution is -0.146. The smallest absolute Gasteiger partial charge is 0.316 e. The topological polar surface area (TPSA) is 55.4 Å². The zero-order valence-corrected chi connectivity index (χ0v) is 13.5. The zero-order valence-electron chi connectivity index (χ0n) is 12.6. The molecule has 0 aromatic heterocycles. The summed E-state index contributed by atoms with van der Waals surface area (Å²) in [5, 5.41) is 2.83. The fraction of sp³-hybridized carbons (Fsp3) is 0.500. The molecule has 0 radical (unpaired) electrons. The first-order valence-electron chi connectivity index (χ1n) is 7.57. The van der Waals surface area contributed by atoms with Crippen LogP contribution in [-0.2, 0) is 14.3 Å². The van der Waals surface area contributed by atoms with Crippen LogP contribution in [0.5, 0.6) is 0 Å². The molecule has 1 amide bonds. The van der Waals surface area contributed by atoms with Gasteiger partial charge in [0.15, 0.2) is 6.61 Å². The molecule has 2 rings (SSSR count). The van der Waals surface area contributed by atoms with Gasteiger partial charge in [0.25, 0.3) is 5.91 Å². The van der Waals surface area contributed by atoms with Crippen molar-refractivity contribution in [3.8, 4) is 0 Å². The van der Waals surface area contributed by atoms with Gasteiger partial charge in [-0.2, -0.15) is 0 Å². The third-order valence-electron chi connectivity index (χ3n) is 3.57. The summed E-state index contributed by atoms with van der Waals surface area (Å²) < 4.78 is 31.2. The van der Waals surface area contributed by atoms with Crippen molar-refractivity contribution in [3.63, 3.8) is 0 Å². The van der Waals surface area contributed by atoms with E-state index in [0.29, 0.717) is 0 Å². The third kappa shape index (κ3) is 6.17. The predicted molar refractivity (Wildman–Crippen MR) is 83.1 cm³/mol. The summed E-state index contributed by atoms with van der Waals surface area (Å²) in [6.45, 7) is -0.346. The van der Waals surface area contributed by atoms with Crippen LogP contribution in [0.1, 0.15) is 32.1 Å². The molecule has 1 aliphatic carbocycles. The van der Waals surface area contributed by atoms with Gasteiger partial charge in [-0.3, -0.25) is 9.59 Å². The maximum absolute atomic E-state index is 13.4. The van der Waals surface area contributed by atoms with Crippen molar-refractivity contribution in [2.75, 3.05) is 12.4 Å². The summed E-state index contributed by atoms with van der Waals surface area (Å²) in [4.78, 5) is 23.3. The van der Waals surface area contributed by atoms with Crippen LogP contribution in [0, 0.1) is 11.6 Å². The minimum atomic E-state index is -0.641. The van der Waals surface area contributed by atoms with E-state index in [1.54, 1.807) is 0 Å². The van der Waals surface area contributed by atoms with Gasteiger partial charge in [0.1, 0.15) is 11.6 Å². The number of nitrogens with one attached hydrogen (secondary N) is 1. The summed E-state index contributed by atoms with van der Waals surface area (Å²) in [5.74, 6) is -2.32. The molecule has 0 bridgehead atoms. The van der Waals surface area contributed by atoms with E-state index in [2.05, 4.69) is 5.32 Å². The molecule has 0 aliphatic heterocycles. The second-order valence-electron chi connectivity index (χ2n) is 5.43. The van der Waals surface area contributed by atoms with Crippen LogP contribution in [0.2, 0.25) is 0 Å². The number of benzene rings is 1. The molecule has 126 valence electrons. The molecular formula is C16H19F2NO3S. The van der Waals surface area contributed by atoms with Crippen molar-refractivity contribution in [1.82, 2.24) is 5.32 Å². The van der Waals surface area contributed by atoms with E-state index >= 15 is 0 Å². The Balaban J connectivity index is 1.68. The molecule has 4 nitrogen and oxygen atoms in total. The molecule has 0 atom stereocenters. The van der Waals surface area contributed by atoms with Crippen LogP contribution in [-0.4, -0.2) is 30.3 Å². The lowest BCUT2D eigenvalue weighted by Crippen LogP contribution is -2.38. The number of ether oxygens (including phenoxy) is 1. The number of carbonyl (C=O) groups excluding carboxylic acids is 2. The highest BCUT2D eigenvalue weighted by Gasteiger charge is 2.17. The lowest BCUT2D eigenvalue weighted by Gasteiger charge is -2.22. The van der Waals surface area contributed by atoms with E-state index in [9.17, 15) is 18.4 Å². The molecule has 0 saturated heterocycles. The number of amides is 1. The van der Waals surface area contributed by atoms with Crippen molar-refractivity contribution >= 4 is 23.6 Å². The summed E-state index contributed by atoms with van der Waals surface area (Å²) in [6, 6.07) is 3.18. The number of hydrogen-bond acceptors (Lipinski definition) is 4. The van der Waals surface area contributed by atoms with Gasteiger partial charge in [0, 0.05) is 10.9 Å². The Morgan fingerprint density at radius 3 is 2.70 bits per heavy atom. The minimum Gasteiger partial charge on any atom is -0.455 e. The molecule has 7 heteroatoms. The average molecular weight is 343 g/mol. The Labute approximate surface area is 138 Å². The van der Waals surface area contributed by atoms with Gasteiger partial charge in [-0.05, 0) is 31.0 Å². The average Bonchev–Trinajstić information content (AvgIpc) is 2.54. The second-order valence-corrected chi connectivity index (χ2v) is 6.44. The van der Waals surface area contributed by atoms with Gasteiger partial charge in [-0.25, -0.2) is 8.78 Å². The standard InChI is InChI=1S/C16H19F2NO3S/c17-11-6-7-13(18)14(8-11)23-10-16(21)22-9-15(20)19-12-4-2-1-3-5-12/h6-8,12H,1-5,9-10H2,(H,19,20). The van der Waals surface area contributed by atoms with Gasteiger partial charge in [-0.15, -0.1) is 11.8 Å². The fourth-order valence-corrected chi connectivity index (χ4v) is 3.19. The molecular weight excluding hydrogens is 324 g/mol. The molecule has 1 aromatic carbocycles. The van der Waals surface area contributed by atoms with Crippen LogP contribution in [0.3, 0.4) is 0 Å².